The first kappa shape index (κ1) is 37.0. The van der Waals surface area contributed by atoms with Gasteiger partial charge in [-0.05, 0) is 90.4 Å². The first-order valence-corrected chi connectivity index (χ1v) is 19.8. The van der Waals surface area contributed by atoms with Crippen LogP contribution in [0.15, 0.2) is 72.8 Å². The summed E-state index contributed by atoms with van der Waals surface area (Å²) in [5.41, 5.74) is 5.11. The van der Waals surface area contributed by atoms with Gasteiger partial charge in [0.15, 0.2) is 11.6 Å². The van der Waals surface area contributed by atoms with Crippen molar-refractivity contribution in [1.82, 2.24) is 15.1 Å². The van der Waals surface area contributed by atoms with Crippen LogP contribution in [0.3, 0.4) is 0 Å². The standard InChI is InChI=1S/C44H44F3N5O5/c45-35-7-1-27(20-36(35)46)34-25-57-40-22-31(53)4-6-33(40)42(34)28-2-8-38(37(47)21-28)51-13-11-26(12-14-51)23-49-15-17-50(18-16-49)30-3-5-32-29(19-30)24-52(44(32)56)39-9-10-41(54)48-43(39)55/h1-8,19-22,26,34,39,42,53H,9-18,23-25H2,(H,48,54,55)/t34-,39-,42-/m0/s1. The summed E-state index contributed by atoms with van der Waals surface area (Å²) in [7, 11) is 0. The fourth-order valence-corrected chi connectivity index (χ4v) is 9.48. The fourth-order valence-electron chi connectivity index (χ4n) is 9.48. The van der Waals surface area contributed by atoms with Crippen LogP contribution in [0.2, 0.25) is 0 Å². The number of carbonyl (C=O) groups is 3. The number of aromatic hydroxyl groups is 1. The minimum absolute atomic E-state index is 0.0448. The van der Waals surface area contributed by atoms with Crippen LogP contribution in [-0.4, -0.2) is 91.1 Å². The summed E-state index contributed by atoms with van der Waals surface area (Å²) >= 11 is 0. The average molecular weight is 780 g/mol. The van der Waals surface area contributed by atoms with Crippen LogP contribution in [0, 0.1) is 23.4 Å². The molecule has 3 fully saturated rings. The van der Waals surface area contributed by atoms with Crippen molar-refractivity contribution in [3.05, 3.63) is 118 Å². The molecule has 5 aliphatic rings. The molecule has 4 aromatic rings. The van der Waals surface area contributed by atoms with Crippen molar-refractivity contribution in [2.24, 2.45) is 5.92 Å². The monoisotopic (exact) mass is 779 g/mol. The van der Waals surface area contributed by atoms with E-state index in [1.807, 2.05) is 24.3 Å². The molecule has 0 aliphatic carbocycles. The van der Waals surface area contributed by atoms with Crippen molar-refractivity contribution in [1.29, 1.82) is 0 Å². The van der Waals surface area contributed by atoms with Gasteiger partial charge in [0.1, 0.15) is 23.4 Å². The van der Waals surface area contributed by atoms with Crippen LogP contribution < -0.4 is 19.9 Å². The number of halogens is 3. The van der Waals surface area contributed by atoms with E-state index >= 15 is 4.39 Å². The first-order chi connectivity index (χ1) is 27.6. The number of hydrogen-bond donors (Lipinski definition) is 2. The molecule has 0 aromatic heterocycles. The van der Waals surface area contributed by atoms with Crippen molar-refractivity contribution < 1.29 is 37.4 Å². The number of nitrogens with zero attached hydrogens (tertiary/aromatic N) is 4. The zero-order valence-corrected chi connectivity index (χ0v) is 31.4. The summed E-state index contributed by atoms with van der Waals surface area (Å²) in [6, 6.07) is 19.2. The number of piperidine rings is 2. The Kier molecular flexibility index (Phi) is 9.80. The van der Waals surface area contributed by atoms with Crippen molar-refractivity contribution in [3.8, 4) is 11.5 Å². The van der Waals surface area contributed by atoms with Gasteiger partial charge in [0.2, 0.25) is 11.8 Å². The van der Waals surface area contributed by atoms with Crippen molar-refractivity contribution in [2.75, 3.05) is 62.2 Å². The molecule has 10 nitrogen and oxygen atoms in total. The third-order valence-corrected chi connectivity index (χ3v) is 12.6. The third kappa shape index (κ3) is 7.17. The number of fused-ring (bicyclic) bond motifs is 2. The summed E-state index contributed by atoms with van der Waals surface area (Å²) in [6.45, 7) is 6.50. The average Bonchev–Trinajstić information content (AvgIpc) is 3.53. The number of imide groups is 1. The molecule has 5 aliphatic heterocycles. The smallest absolute Gasteiger partial charge is 0.255 e. The quantitative estimate of drug-likeness (QED) is 0.223. The molecular formula is C44H44F3N5O5. The normalized spacial score (nSPS) is 23.0. The van der Waals surface area contributed by atoms with Crippen LogP contribution >= 0.6 is 0 Å². The maximum absolute atomic E-state index is 16.1. The number of ether oxygens (including phenoxy) is 1. The lowest BCUT2D eigenvalue weighted by molar-refractivity contribution is -0.136. The molecule has 0 spiro atoms. The second kappa shape index (κ2) is 15.1. The molecule has 0 saturated carbocycles. The number of nitrogens with one attached hydrogen (secondary N) is 1. The largest absolute Gasteiger partial charge is 0.508 e. The predicted octanol–water partition coefficient (Wildman–Crippen LogP) is 5.92. The minimum Gasteiger partial charge on any atom is -0.508 e. The Morgan fingerprint density at radius 2 is 1.53 bits per heavy atom. The van der Waals surface area contributed by atoms with E-state index in [-0.39, 0.29) is 36.4 Å². The SMILES string of the molecule is O=C1CC[C@H](N2Cc3cc(N4CCN(CC5CCN(c6ccc([C@H]7c8ccc(O)cc8OC[C@H]7c7ccc(F)c(F)c7)cc6F)CC5)CC4)ccc3C2=O)C(=O)N1. The van der Waals surface area contributed by atoms with E-state index in [9.17, 15) is 28.3 Å². The van der Waals surface area contributed by atoms with Crippen molar-refractivity contribution in [2.45, 2.75) is 50.1 Å². The molecule has 4 aromatic carbocycles. The van der Waals surface area contributed by atoms with E-state index < -0.39 is 35.4 Å². The van der Waals surface area contributed by atoms with E-state index in [0.29, 0.717) is 47.0 Å². The van der Waals surface area contributed by atoms with Crippen LogP contribution in [0.25, 0.3) is 0 Å². The molecule has 13 heteroatoms. The lowest BCUT2D eigenvalue weighted by Gasteiger charge is -2.40. The van der Waals surface area contributed by atoms with E-state index in [0.717, 1.165) is 81.5 Å². The molecular weight excluding hydrogens is 736 g/mol. The summed E-state index contributed by atoms with van der Waals surface area (Å²) in [6.07, 6.45) is 2.46. The zero-order valence-electron chi connectivity index (χ0n) is 31.4. The highest BCUT2D eigenvalue weighted by Gasteiger charge is 2.40. The van der Waals surface area contributed by atoms with Gasteiger partial charge in [0, 0.05) is 93.5 Å². The molecule has 5 heterocycles. The van der Waals surface area contributed by atoms with Crippen molar-refractivity contribution in [3.63, 3.8) is 0 Å². The number of piperazine rings is 1. The number of amides is 3. The predicted molar refractivity (Wildman–Crippen MR) is 207 cm³/mol. The maximum Gasteiger partial charge on any atom is 0.255 e. The lowest BCUT2D eigenvalue weighted by Crippen LogP contribution is -2.52. The number of phenols is 1. The number of hydrogen-bond acceptors (Lipinski definition) is 8. The molecule has 2 N–H and O–H groups in total. The lowest BCUT2D eigenvalue weighted by atomic mass is 9.75. The number of phenolic OH excluding ortho intramolecular Hbond substituents is 1. The molecule has 0 radical (unpaired) electrons. The Labute approximate surface area is 328 Å². The number of carbonyl (C=O) groups excluding carboxylic acids is 3. The first-order valence-electron chi connectivity index (χ1n) is 19.8. The Morgan fingerprint density at radius 3 is 2.28 bits per heavy atom. The molecule has 9 rings (SSSR count). The van der Waals surface area contributed by atoms with Crippen molar-refractivity contribution >= 4 is 29.1 Å². The fraction of sp³-hybridized carbons (Fsp3) is 0.386. The highest BCUT2D eigenvalue weighted by Crippen LogP contribution is 2.48. The second-order valence-corrected chi connectivity index (χ2v) is 16.0. The maximum atomic E-state index is 16.1. The number of benzene rings is 4. The summed E-state index contributed by atoms with van der Waals surface area (Å²) in [5, 5.41) is 12.5. The molecule has 296 valence electrons. The van der Waals surface area contributed by atoms with Gasteiger partial charge in [0.25, 0.3) is 5.91 Å². The number of anilines is 2. The topological polar surface area (TPSA) is 106 Å². The van der Waals surface area contributed by atoms with Gasteiger partial charge < -0.3 is 24.5 Å². The minimum atomic E-state index is -0.952. The summed E-state index contributed by atoms with van der Waals surface area (Å²) in [4.78, 5) is 45.8. The van der Waals surface area contributed by atoms with E-state index in [1.54, 1.807) is 29.2 Å². The highest BCUT2D eigenvalue weighted by atomic mass is 19.2. The van der Waals surface area contributed by atoms with Gasteiger partial charge in [0.05, 0.1) is 12.3 Å². The molecule has 0 bridgehead atoms. The number of rotatable bonds is 7. The second-order valence-electron chi connectivity index (χ2n) is 16.0. The highest BCUT2D eigenvalue weighted by molar-refractivity contribution is 6.05. The van der Waals surface area contributed by atoms with E-state index in [1.165, 1.54) is 12.1 Å². The van der Waals surface area contributed by atoms with E-state index in [2.05, 4.69) is 26.1 Å². The van der Waals surface area contributed by atoms with Gasteiger partial charge in [-0.15, -0.1) is 0 Å². The molecule has 0 unspecified atom stereocenters. The molecule has 3 amide bonds. The van der Waals surface area contributed by atoms with Gasteiger partial charge in [-0.3, -0.25) is 24.6 Å². The van der Waals surface area contributed by atoms with Gasteiger partial charge in [-0.2, -0.15) is 0 Å². The summed E-state index contributed by atoms with van der Waals surface area (Å²) < 4.78 is 50.2. The van der Waals surface area contributed by atoms with Crippen LogP contribution in [-0.2, 0) is 16.1 Å². The van der Waals surface area contributed by atoms with Crippen LogP contribution in [0.4, 0.5) is 24.5 Å². The Morgan fingerprint density at radius 1 is 0.754 bits per heavy atom. The Bertz CT molecular complexity index is 2240. The van der Waals surface area contributed by atoms with Crippen LogP contribution in [0.5, 0.6) is 11.5 Å². The summed E-state index contributed by atoms with van der Waals surface area (Å²) in [5.74, 6) is -2.89. The molecule has 57 heavy (non-hydrogen) atoms. The Hall–Kier alpha value is -5.56. The molecule has 3 saturated heterocycles. The third-order valence-electron chi connectivity index (χ3n) is 12.6. The van der Waals surface area contributed by atoms with Gasteiger partial charge in [-0.25, -0.2) is 13.2 Å². The molecule has 3 atom stereocenters. The van der Waals surface area contributed by atoms with Gasteiger partial charge >= 0.3 is 0 Å². The zero-order chi connectivity index (χ0) is 39.4. The van der Waals surface area contributed by atoms with Crippen LogP contribution in [0.1, 0.15) is 70.1 Å². The Balaban J connectivity index is 0.803. The van der Waals surface area contributed by atoms with E-state index in [4.69, 9.17) is 4.74 Å². The van der Waals surface area contributed by atoms with Gasteiger partial charge in [-0.1, -0.05) is 18.2 Å².